The maximum atomic E-state index is 12.2. The van der Waals surface area contributed by atoms with Crippen LogP contribution >= 0.6 is 0 Å². The van der Waals surface area contributed by atoms with E-state index in [9.17, 15) is 9.90 Å². The summed E-state index contributed by atoms with van der Waals surface area (Å²) in [5.74, 6) is 0.306. The molecule has 1 aromatic heterocycles. The third kappa shape index (κ3) is 4.86. The van der Waals surface area contributed by atoms with Gasteiger partial charge >= 0.3 is 0 Å². The molecule has 1 aromatic rings. The number of hydrogen-bond acceptors (Lipinski definition) is 7. The summed E-state index contributed by atoms with van der Waals surface area (Å²) in [6.07, 6.45) is 4.42. The lowest BCUT2D eigenvalue weighted by Gasteiger charge is -2.28. The first-order chi connectivity index (χ1) is 11.7. The Morgan fingerprint density at radius 2 is 2.12 bits per heavy atom. The van der Waals surface area contributed by atoms with E-state index in [0.29, 0.717) is 25.6 Å². The molecule has 2 aliphatic heterocycles. The van der Waals surface area contributed by atoms with E-state index < -0.39 is 6.10 Å². The molecule has 1 amide bonds. The Hall–Kier alpha value is -1.77. The number of aliphatic hydroxyl groups is 1. The van der Waals surface area contributed by atoms with Gasteiger partial charge in [-0.3, -0.25) is 4.79 Å². The van der Waals surface area contributed by atoms with Crippen molar-refractivity contribution in [3.8, 4) is 0 Å². The molecule has 1 atom stereocenters. The van der Waals surface area contributed by atoms with Crippen LogP contribution < -0.4 is 10.6 Å². The van der Waals surface area contributed by atoms with Crippen LogP contribution in [0.25, 0.3) is 0 Å². The average Bonchev–Trinajstić information content (AvgIpc) is 2.57. The van der Waals surface area contributed by atoms with Crippen molar-refractivity contribution in [1.29, 1.82) is 0 Å². The minimum absolute atomic E-state index is 0.221. The summed E-state index contributed by atoms with van der Waals surface area (Å²) in [6, 6.07) is 1.85. The van der Waals surface area contributed by atoms with Gasteiger partial charge in [-0.15, -0.1) is 0 Å². The molecule has 3 rings (SSSR count). The molecule has 8 nitrogen and oxygen atoms in total. The lowest BCUT2D eigenvalue weighted by atomic mass is 10.1. The van der Waals surface area contributed by atoms with Crippen LogP contribution in [-0.4, -0.2) is 77.4 Å². The van der Waals surface area contributed by atoms with E-state index in [1.54, 1.807) is 6.07 Å². The molecular formula is C16H25N5O3. The van der Waals surface area contributed by atoms with Crippen LogP contribution in [0.2, 0.25) is 0 Å². The first-order valence-electron chi connectivity index (χ1n) is 8.55. The molecular weight excluding hydrogens is 310 g/mol. The topological polar surface area (TPSA) is 99.6 Å². The normalized spacial score (nSPS) is 20.2. The van der Waals surface area contributed by atoms with E-state index in [1.807, 2.05) is 0 Å². The third-order valence-corrected chi connectivity index (χ3v) is 4.31. The number of carbonyl (C=O) groups is 1. The molecule has 2 fully saturated rings. The number of likely N-dealkylation sites (tertiary alicyclic amines) is 1. The highest BCUT2D eigenvalue weighted by molar-refractivity contribution is 5.92. The maximum Gasteiger partial charge on any atom is 0.270 e. The maximum absolute atomic E-state index is 12.2. The van der Waals surface area contributed by atoms with Crippen LogP contribution in [-0.2, 0) is 4.74 Å². The van der Waals surface area contributed by atoms with E-state index in [1.165, 1.54) is 25.6 Å². The fraction of sp³-hybridized carbons (Fsp3) is 0.688. The van der Waals surface area contributed by atoms with Gasteiger partial charge in [0.2, 0.25) is 0 Å². The molecule has 3 heterocycles. The van der Waals surface area contributed by atoms with Crippen molar-refractivity contribution >= 4 is 11.7 Å². The van der Waals surface area contributed by atoms with Crippen LogP contribution in [0.4, 0.5) is 5.82 Å². The Labute approximate surface area is 141 Å². The van der Waals surface area contributed by atoms with Crippen molar-refractivity contribution in [3.63, 3.8) is 0 Å². The molecule has 8 heteroatoms. The average molecular weight is 335 g/mol. The first kappa shape index (κ1) is 17.1. The molecule has 0 radical (unpaired) electrons. The Morgan fingerprint density at radius 1 is 1.33 bits per heavy atom. The Morgan fingerprint density at radius 3 is 2.83 bits per heavy atom. The Bertz CT molecular complexity index is 546. The highest BCUT2D eigenvalue weighted by Gasteiger charge is 2.19. The smallest absolute Gasteiger partial charge is 0.270 e. The monoisotopic (exact) mass is 335 g/mol. The minimum atomic E-state index is -0.571. The summed E-state index contributed by atoms with van der Waals surface area (Å²) in [5, 5.41) is 16.0. The SMILES string of the molecule is O=C(NCC(O)CN1CCCCC1)c1cc(NC2COC2)ncn1. The number of aliphatic hydroxyl groups excluding tert-OH is 1. The highest BCUT2D eigenvalue weighted by atomic mass is 16.5. The summed E-state index contributed by atoms with van der Waals surface area (Å²) < 4.78 is 5.10. The fourth-order valence-corrected chi connectivity index (χ4v) is 2.89. The molecule has 2 aliphatic rings. The number of nitrogens with one attached hydrogen (secondary N) is 2. The second-order valence-corrected chi connectivity index (χ2v) is 6.39. The van der Waals surface area contributed by atoms with Gasteiger partial charge in [0.15, 0.2) is 0 Å². The predicted molar refractivity (Wildman–Crippen MR) is 88.9 cm³/mol. The van der Waals surface area contributed by atoms with Crippen molar-refractivity contribution in [2.75, 3.05) is 44.7 Å². The van der Waals surface area contributed by atoms with E-state index in [0.717, 1.165) is 13.1 Å². The van der Waals surface area contributed by atoms with E-state index in [2.05, 4.69) is 25.5 Å². The van der Waals surface area contributed by atoms with Crippen molar-refractivity contribution in [2.45, 2.75) is 31.4 Å². The molecule has 2 saturated heterocycles. The number of β-amino-alcohol motifs (C(OH)–C–C–N with tert-alkyl or cyclic N) is 1. The fourth-order valence-electron chi connectivity index (χ4n) is 2.89. The summed E-state index contributed by atoms with van der Waals surface area (Å²) in [6.45, 7) is 4.16. The van der Waals surface area contributed by atoms with E-state index in [4.69, 9.17) is 4.74 Å². The standard InChI is InChI=1S/C16H25N5O3/c22-13(8-21-4-2-1-3-5-21)7-17-16(23)14-6-15(19-11-18-14)20-12-9-24-10-12/h6,11-13,22H,1-5,7-10H2,(H,17,23)(H,18,19,20). The molecule has 0 bridgehead atoms. The van der Waals surface area contributed by atoms with Crippen LogP contribution in [0.5, 0.6) is 0 Å². The Kier molecular flexibility index (Phi) is 5.95. The summed E-state index contributed by atoms with van der Waals surface area (Å²) in [4.78, 5) is 22.5. The van der Waals surface area contributed by atoms with Gasteiger partial charge in [-0.2, -0.15) is 0 Å². The minimum Gasteiger partial charge on any atom is -0.390 e. The summed E-state index contributed by atoms with van der Waals surface area (Å²) in [7, 11) is 0. The molecule has 0 saturated carbocycles. The van der Waals surface area contributed by atoms with Gasteiger partial charge in [0.25, 0.3) is 5.91 Å². The molecule has 0 spiro atoms. The van der Waals surface area contributed by atoms with Crippen molar-refractivity contribution < 1.29 is 14.6 Å². The van der Waals surface area contributed by atoms with E-state index >= 15 is 0 Å². The van der Waals surface area contributed by atoms with Gasteiger partial charge in [-0.25, -0.2) is 9.97 Å². The van der Waals surface area contributed by atoms with Crippen molar-refractivity contribution in [1.82, 2.24) is 20.2 Å². The van der Waals surface area contributed by atoms with Gasteiger partial charge in [-0.05, 0) is 25.9 Å². The second kappa shape index (κ2) is 8.36. The summed E-state index contributed by atoms with van der Waals surface area (Å²) in [5.41, 5.74) is 0.290. The number of amides is 1. The van der Waals surface area contributed by atoms with Crippen LogP contribution in [0.1, 0.15) is 29.8 Å². The number of piperidine rings is 1. The predicted octanol–water partition coefficient (Wildman–Crippen LogP) is -0.136. The molecule has 0 aromatic carbocycles. The number of hydrogen-bond donors (Lipinski definition) is 3. The highest BCUT2D eigenvalue weighted by Crippen LogP contribution is 2.11. The third-order valence-electron chi connectivity index (χ3n) is 4.31. The number of carbonyl (C=O) groups excluding carboxylic acids is 1. The van der Waals surface area contributed by atoms with Crippen molar-refractivity contribution in [3.05, 3.63) is 18.1 Å². The van der Waals surface area contributed by atoms with Gasteiger partial charge in [0.05, 0.1) is 25.4 Å². The molecule has 1 unspecified atom stereocenters. The number of aromatic nitrogens is 2. The van der Waals surface area contributed by atoms with Gasteiger partial charge in [-0.1, -0.05) is 6.42 Å². The van der Waals surface area contributed by atoms with Crippen molar-refractivity contribution in [2.24, 2.45) is 0 Å². The lowest BCUT2D eigenvalue weighted by Crippen LogP contribution is -2.42. The van der Waals surface area contributed by atoms with E-state index in [-0.39, 0.29) is 24.2 Å². The van der Waals surface area contributed by atoms with Gasteiger partial charge in [0, 0.05) is 19.2 Å². The molecule has 3 N–H and O–H groups in total. The van der Waals surface area contributed by atoms with Crippen LogP contribution in [0.15, 0.2) is 12.4 Å². The zero-order valence-corrected chi connectivity index (χ0v) is 13.8. The van der Waals surface area contributed by atoms with Gasteiger partial charge < -0.3 is 25.4 Å². The zero-order chi connectivity index (χ0) is 16.8. The van der Waals surface area contributed by atoms with Crippen LogP contribution in [0, 0.1) is 0 Å². The molecule has 132 valence electrons. The molecule has 24 heavy (non-hydrogen) atoms. The molecule has 0 aliphatic carbocycles. The zero-order valence-electron chi connectivity index (χ0n) is 13.8. The lowest BCUT2D eigenvalue weighted by molar-refractivity contribution is 0.0209. The number of rotatable bonds is 7. The number of ether oxygens (including phenoxy) is 1. The summed E-state index contributed by atoms with van der Waals surface area (Å²) >= 11 is 0. The Balaban J connectivity index is 1.44. The van der Waals surface area contributed by atoms with Gasteiger partial charge in [0.1, 0.15) is 17.8 Å². The number of anilines is 1. The van der Waals surface area contributed by atoms with Crippen LogP contribution in [0.3, 0.4) is 0 Å². The second-order valence-electron chi connectivity index (χ2n) is 6.39. The number of nitrogens with zero attached hydrogens (tertiary/aromatic N) is 3. The first-order valence-corrected chi connectivity index (χ1v) is 8.55. The quantitative estimate of drug-likeness (QED) is 0.638. The largest absolute Gasteiger partial charge is 0.390 e.